The first-order chi connectivity index (χ1) is 13.1. The highest BCUT2D eigenvalue weighted by Crippen LogP contribution is 2.37. The second kappa shape index (κ2) is 6.96. The van der Waals surface area contributed by atoms with Gasteiger partial charge in [-0.2, -0.15) is 4.98 Å². The van der Waals surface area contributed by atoms with Gasteiger partial charge in [0.25, 0.3) is 0 Å². The standard InChI is InChI=1S/C18H13N5O3S/c1-11-6-5-9-13-14(11)21-18(27-13)22-16-15(23(24)25)17(20-10-19-16)26-12-7-3-2-4-8-12/h2-10H,1H3,(H,19,20,21,22). The van der Waals surface area contributed by atoms with Gasteiger partial charge in [-0.1, -0.05) is 41.7 Å². The van der Waals surface area contributed by atoms with E-state index in [-0.39, 0.29) is 17.4 Å². The Morgan fingerprint density at radius 3 is 2.67 bits per heavy atom. The summed E-state index contributed by atoms with van der Waals surface area (Å²) in [7, 11) is 0. The normalized spacial score (nSPS) is 10.7. The molecule has 2 heterocycles. The fraction of sp³-hybridized carbons (Fsp3) is 0.0556. The van der Waals surface area contributed by atoms with Crippen LogP contribution in [0.15, 0.2) is 54.9 Å². The van der Waals surface area contributed by atoms with Gasteiger partial charge in [-0.15, -0.1) is 0 Å². The van der Waals surface area contributed by atoms with E-state index in [4.69, 9.17) is 4.74 Å². The molecule has 0 fully saturated rings. The van der Waals surface area contributed by atoms with E-state index in [0.717, 1.165) is 15.8 Å². The lowest BCUT2D eigenvalue weighted by Gasteiger charge is -2.07. The van der Waals surface area contributed by atoms with Gasteiger partial charge in [0.15, 0.2) is 5.13 Å². The number of thiazole rings is 1. The highest BCUT2D eigenvalue weighted by molar-refractivity contribution is 7.22. The minimum absolute atomic E-state index is 0.0256. The van der Waals surface area contributed by atoms with Crippen molar-refractivity contribution in [3.8, 4) is 11.6 Å². The van der Waals surface area contributed by atoms with E-state index in [1.807, 2.05) is 31.2 Å². The molecule has 0 aliphatic heterocycles. The van der Waals surface area contributed by atoms with Crippen molar-refractivity contribution in [2.45, 2.75) is 6.92 Å². The number of nitrogens with one attached hydrogen (secondary N) is 1. The number of benzene rings is 2. The predicted molar refractivity (Wildman–Crippen MR) is 103 cm³/mol. The Balaban J connectivity index is 1.72. The maximum absolute atomic E-state index is 11.6. The first kappa shape index (κ1) is 16.9. The lowest BCUT2D eigenvalue weighted by atomic mass is 10.2. The summed E-state index contributed by atoms with van der Waals surface area (Å²) in [5.74, 6) is 0.333. The Labute approximate surface area is 157 Å². The number of hydrogen-bond donors (Lipinski definition) is 1. The molecule has 2 aromatic heterocycles. The van der Waals surface area contributed by atoms with Gasteiger partial charge in [0.1, 0.15) is 12.1 Å². The lowest BCUT2D eigenvalue weighted by molar-refractivity contribution is -0.385. The number of rotatable bonds is 5. The van der Waals surface area contributed by atoms with Crippen molar-refractivity contribution >= 4 is 38.2 Å². The van der Waals surface area contributed by atoms with Crippen LogP contribution in [0.1, 0.15) is 5.56 Å². The number of fused-ring (bicyclic) bond motifs is 1. The fourth-order valence-corrected chi connectivity index (χ4v) is 3.48. The summed E-state index contributed by atoms with van der Waals surface area (Å²) in [5, 5.41) is 15.1. The molecule has 4 aromatic rings. The van der Waals surface area contributed by atoms with Crippen molar-refractivity contribution in [1.82, 2.24) is 15.0 Å². The summed E-state index contributed by atoms with van der Waals surface area (Å²) in [6.07, 6.45) is 1.21. The Hall–Kier alpha value is -3.59. The van der Waals surface area contributed by atoms with Crippen molar-refractivity contribution < 1.29 is 9.66 Å². The maximum atomic E-state index is 11.6. The number of aromatic nitrogens is 3. The van der Waals surface area contributed by atoms with Crippen LogP contribution in [0.2, 0.25) is 0 Å². The van der Waals surface area contributed by atoms with Crippen molar-refractivity contribution in [3.05, 3.63) is 70.5 Å². The number of aryl methyl sites for hydroxylation is 1. The molecule has 0 aliphatic rings. The fourth-order valence-electron chi connectivity index (χ4n) is 2.53. The van der Waals surface area contributed by atoms with Crippen molar-refractivity contribution in [1.29, 1.82) is 0 Å². The first-order valence-electron chi connectivity index (χ1n) is 7.97. The van der Waals surface area contributed by atoms with E-state index in [1.54, 1.807) is 24.3 Å². The summed E-state index contributed by atoms with van der Waals surface area (Å²) >= 11 is 1.39. The highest BCUT2D eigenvalue weighted by Gasteiger charge is 2.26. The average Bonchev–Trinajstić information content (AvgIpc) is 3.06. The molecule has 9 heteroatoms. The zero-order valence-electron chi connectivity index (χ0n) is 14.1. The Kier molecular flexibility index (Phi) is 4.35. The lowest BCUT2D eigenvalue weighted by Crippen LogP contribution is -2.03. The van der Waals surface area contributed by atoms with Gasteiger partial charge in [-0.3, -0.25) is 10.1 Å². The topological polar surface area (TPSA) is 103 Å². The van der Waals surface area contributed by atoms with Crippen molar-refractivity contribution in [2.24, 2.45) is 0 Å². The summed E-state index contributed by atoms with van der Waals surface area (Å²) in [5.41, 5.74) is 1.53. The molecule has 8 nitrogen and oxygen atoms in total. The van der Waals surface area contributed by atoms with E-state index < -0.39 is 4.92 Å². The molecule has 0 saturated carbocycles. The second-order valence-corrected chi connectivity index (χ2v) is 6.64. The number of nitrogens with zero attached hydrogens (tertiary/aromatic N) is 4. The zero-order chi connectivity index (χ0) is 18.8. The molecule has 0 aliphatic carbocycles. The van der Waals surface area contributed by atoms with Crippen LogP contribution in [-0.2, 0) is 0 Å². The Bertz CT molecular complexity index is 1130. The average molecular weight is 379 g/mol. The smallest absolute Gasteiger partial charge is 0.373 e. The summed E-state index contributed by atoms with van der Waals surface area (Å²) in [6, 6.07) is 14.6. The van der Waals surface area contributed by atoms with Gasteiger partial charge in [-0.25, -0.2) is 9.97 Å². The molecule has 0 amide bonds. The van der Waals surface area contributed by atoms with E-state index in [0.29, 0.717) is 10.9 Å². The molecule has 0 saturated heterocycles. The predicted octanol–water partition coefficient (Wildman–Crippen LogP) is 4.84. The number of ether oxygens (including phenoxy) is 1. The van der Waals surface area contributed by atoms with Crippen LogP contribution in [0, 0.1) is 17.0 Å². The maximum Gasteiger partial charge on any atom is 0.373 e. The molecule has 0 unspecified atom stereocenters. The summed E-state index contributed by atoms with van der Waals surface area (Å²) in [6.45, 7) is 1.96. The molecule has 27 heavy (non-hydrogen) atoms. The minimum atomic E-state index is -0.570. The van der Waals surface area contributed by atoms with Crippen molar-refractivity contribution in [3.63, 3.8) is 0 Å². The third-order valence-corrected chi connectivity index (χ3v) is 4.71. The molecule has 2 aromatic carbocycles. The van der Waals surface area contributed by atoms with E-state index in [1.165, 1.54) is 17.7 Å². The first-order valence-corrected chi connectivity index (χ1v) is 8.79. The molecule has 0 spiro atoms. The number of anilines is 2. The quantitative estimate of drug-likeness (QED) is 0.391. The van der Waals surface area contributed by atoms with Crippen LogP contribution in [0.4, 0.5) is 16.6 Å². The largest absolute Gasteiger partial charge is 0.434 e. The number of para-hydroxylation sites is 2. The Morgan fingerprint density at radius 1 is 1.11 bits per heavy atom. The monoisotopic (exact) mass is 379 g/mol. The third-order valence-electron chi connectivity index (χ3n) is 3.78. The third kappa shape index (κ3) is 3.40. The molecule has 4 rings (SSSR count). The van der Waals surface area contributed by atoms with Crippen molar-refractivity contribution in [2.75, 3.05) is 5.32 Å². The highest BCUT2D eigenvalue weighted by atomic mass is 32.1. The minimum Gasteiger partial charge on any atom is -0.434 e. The second-order valence-electron chi connectivity index (χ2n) is 5.61. The van der Waals surface area contributed by atoms with E-state index in [2.05, 4.69) is 20.3 Å². The van der Waals surface area contributed by atoms with Crippen LogP contribution < -0.4 is 10.1 Å². The van der Waals surface area contributed by atoms with Gasteiger partial charge in [0.05, 0.1) is 15.1 Å². The molecule has 1 N–H and O–H groups in total. The van der Waals surface area contributed by atoms with Crippen LogP contribution in [0.3, 0.4) is 0 Å². The molecule has 0 atom stereocenters. The molecule has 134 valence electrons. The number of nitro groups is 1. The Morgan fingerprint density at radius 2 is 1.93 bits per heavy atom. The molecular weight excluding hydrogens is 366 g/mol. The number of hydrogen-bond acceptors (Lipinski definition) is 8. The van der Waals surface area contributed by atoms with Gasteiger partial charge in [0, 0.05) is 0 Å². The van der Waals surface area contributed by atoms with Crippen LogP contribution in [0.5, 0.6) is 11.6 Å². The SMILES string of the molecule is Cc1cccc2sc(Nc3ncnc(Oc4ccccc4)c3[N+](=O)[O-])nc12. The van der Waals surface area contributed by atoms with Crippen LogP contribution in [0.25, 0.3) is 10.2 Å². The van der Waals surface area contributed by atoms with Gasteiger partial charge < -0.3 is 10.1 Å². The van der Waals surface area contributed by atoms with Gasteiger partial charge >= 0.3 is 11.6 Å². The van der Waals surface area contributed by atoms with Crippen LogP contribution in [-0.4, -0.2) is 19.9 Å². The van der Waals surface area contributed by atoms with Gasteiger partial charge in [-0.05, 0) is 30.7 Å². The van der Waals surface area contributed by atoms with Gasteiger partial charge in [0.2, 0.25) is 5.82 Å². The summed E-state index contributed by atoms with van der Waals surface area (Å²) in [4.78, 5) is 23.5. The molecular formula is C18H13N5O3S. The van der Waals surface area contributed by atoms with E-state index in [9.17, 15) is 10.1 Å². The summed E-state index contributed by atoms with van der Waals surface area (Å²) < 4.78 is 6.56. The molecule has 0 radical (unpaired) electrons. The van der Waals surface area contributed by atoms with E-state index >= 15 is 0 Å². The zero-order valence-corrected chi connectivity index (χ0v) is 14.9. The van der Waals surface area contributed by atoms with Crippen LogP contribution >= 0.6 is 11.3 Å². The molecule has 0 bridgehead atoms.